The summed E-state index contributed by atoms with van der Waals surface area (Å²) in [7, 11) is 0. The fourth-order valence-electron chi connectivity index (χ4n) is 2.49. The fourth-order valence-corrected chi connectivity index (χ4v) is 2.49. The van der Waals surface area contributed by atoms with Gasteiger partial charge >= 0.3 is 0 Å². The van der Waals surface area contributed by atoms with Gasteiger partial charge in [-0.2, -0.15) is 0 Å². The van der Waals surface area contributed by atoms with Gasteiger partial charge in [0.2, 0.25) is 5.91 Å². The van der Waals surface area contributed by atoms with Gasteiger partial charge in [-0.25, -0.2) is 0 Å². The Morgan fingerprint density at radius 3 is 2.82 bits per heavy atom. The minimum atomic E-state index is -0.454. The predicted octanol–water partition coefficient (Wildman–Crippen LogP) is 2.04. The van der Waals surface area contributed by atoms with Crippen molar-refractivity contribution in [2.24, 2.45) is 0 Å². The van der Waals surface area contributed by atoms with E-state index < -0.39 is 6.04 Å². The molecule has 6 nitrogen and oxygen atoms in total. The van der Waals surface area contributed by atoms with E-state index in [0.717, 1.165) is 18.6 Å². The van der Waals surface area contributed by atoms with Crippen LogP contribution in [0.3, 0.4) is 0 Å². The molecule has 0 aliphatic carbocycles. The van der Waals surface area contributed by atoms with Crippen LogP contribution < -0.4 is 10.6 Å². The summed E-state index contributed by atoms with van der Waals surface area (Å²) in [6.07, 6.45) is 0.902. The van der Waals surface area contributed by atoms with Crippen molar-refractivity contribution in [3.63, 3.8) is 0 Å². The van der Waals surface area contributed by atoms with E-state index in [2.05, 4.69) is 15.8 Å². The van der Waals surface area contributed by atoms with Crippen LogP contribution in [0.25, 0.3) is 0 Å². The number of hydrogen-bond donors (Lipinski definition) is 2. The van der Waals surface area contributed by atoms with Gasteiger partial charge in [-0.1, -0.05) is 35.5 Å². The lowest BCUT2D eigenvalue weighted by Crippen LogP contribution is -2.39. The summed E-state index contributed by atoms with van der Waals surface area (Å²) in [4.78, 5) is 12.6. The molecular formula is C16H19N3O3. The first kappa shape index (κ1) is 14.7. The number of benzene rings is 1. The average molecular weight is 301 g/mol. The number of hydrogen-bond acceptors (Lipinski definition) is 5. The number of aryl methyl sites for hydroxylation is 1. The first-order valence-corrected chi connectivity index (χ1v) is 7.35. The summed E-state index contributed by atoms with van der Waals surface area (Å²) in [5.74, 6) is 0.919. The monoisotopic (exact) mass is 301 g/mol. The molecule has 116 valence electrons. The molecule has 0 spiro atoms. The van der Waals surface area contributed by atoms with Crippen molar-refractivity contribution in [3.05, 3.63) is 47.7 Å². The van der Waals surface area contributed by atoms with E-state index in [1.807, 2.05) is 30.3 Å². The molecule has 1 saturated heterocycles. The third kappa shape index (κ3) is 3.52. The Balaban J connectivity index is 1.76. The Morgan fingerprint density at radius 1 is 1.36 bits per heavy atom. The lowest BCUT2D eigenvalue weighted by Gasteiger charge is -2.21. The summed E-state index contributed by atoms with van der Waals surface area (Å²) in [5.41, 5.74) is 0.909. The number of nitrogens with zero attached hydrogens (tertiary/aromatic N) is 1. The second-order valence-electron chi connectivity index (χ2n) is 5.38. The van der Waals surface area contributed by atoms with Gasteiger partial charge < -0.3 is 14.6 Å². The van der Waals surface area contributed by atoms with Crippen LogP contribution in [0.5, 0.6) is 0 Å². The standard InChI is InChI=1S/C16H19N3O3/c1-11-9-14(19-22-11)18-16(20)15(12-5-3-2-4-6-12)17-13-7-8-21-10-13/h2-6,9,13,15,17H,7-8,10H2,1H3,(H,18,19,20)/t13-,15?/m1/s1. The molecule has 0 radical (unpaired) electrons. The van der Waals surface area contributed by atoms with E-state index in [4.69, 9.17) is 9.26 Å². The van der Waals surface area contributed by atoms with Gasteiger partial charge in [-0.15, -0.1) is 0 Å². The minimum Gasteiger partial charge on any atom is -0.380 e. The van der Waals surface area contributed by atoms with Crippen LogP contribution in [-0.2, 0) is 9.53 Å². The molecule has 2 atom stereocenters. The molecule has 0 saturated carbocycles. The molecule has 1 aromatic heterocycles. The zero-order chi connectivity index (χ0) is 15.4. The van der Waals surface area contributed by atoms with Crippen molar-refractivity contribution in [1.82, 2.24) is 10.5 Å². The largest absolute Gasteiger partial charge is 0.380 e. The van der Waals surface area contributed by atoms with Crippen LogP contribution in [0.2, 0.25) is 0 Å². The number of nitrogens with one attached hydrogen (secondary N) is 2. The van der Waals surface area contributed by atoms with Gasteiger partial charge in [-0.3, -0.25) is 10.1 Å². The summed E-state index contributed by atoms with van der Waals surface area (Å²) in [5, 5.41) is 9.96. The zero-order valence-corrected chi connectivity index (χ0v) is 12.4. The highest BCUT2D eigenvalue weighted by atomic mass is 16.5. The Morgan fingerprint density at radius 2 is 2.18 bits per heavy atom. The maximum Gasteiger partial charge on any atom is 0.247 e. The molecule has 2 N–H and O–H groups in total. The first-order valence-electron chi connectivity index (χ1n) is 7.35. The third-order valence-corrected chi connectivity index (χ3v) is 3.61. The Labute approximate surface area is 128 Å². The van der Waals surface area contributed by atoms with Crippen molar-refractivity contribution in [2.45, 2.75) is 25.4 Å². The van der Waals surface area contributed by atoms with Gasteiger partial charge in [0.1, 0.15) is 11.8 Å². The quantitative estimate of drug-likeness (QED) is 0.884. The molecule has 1 fully saturated rings. The van der Waals surface area contributed by atoms with Crippen molar-refractivity contribution in [3.8, 4) is 0 Å². The molecule has 22 heavy (non-hydrogen) atoms. The molecule has 1 aliphatic rings. The highest BCUT2D eigenvalue weighted by Gasteiger charge is 2.26. The van der Waals surface area contributed by atoms with Gasteiger partial charge in [-0.05, 0) is 18.9 Å². The molecular weight excluding hydrogens is 282 g/mol. The second kappa shape index (κ2) is 6.72. The summed E-state index contributed by atoms with van der Waals surface area (Å²) in [6.45, 7) is 3.13. The molecule has 1 unspecified atom stereocenters. The van der Waals surface area contributed by atoms with E-state index in [-0.39, 0.29) is 11.9 Å². The van der Waals surface area contributed by atoms with Crippen molar-refractivity contribution in [1.29, 1.82) is 0 Å². The maximum absolute atomic E-state index is 12.6. The molecule has 2 heterocycles. The van der Waals surface area contributed by atoms with Crippen LogP contribution in [0.1, 0.15) is 23.8 Å². The number of carbonyl (C=O) groups excluding carboxylic acids is 1. The van der Waals surface area contributed by atoms with Crippen molar-refractivity contribution in [2.75, 3.05) is 18.5 Å². The number of carbonyl (C=O) groups is 1. The number of anilines is 1. The van der Waals surface area contributed by atoms with Crippen molar-refractivity contribution >= 4 is 11.7 Å². The molecule has 0 bridgehead atoms. The Kier molecular flexibility index (Phi) is 4.50. The van der Waals surface area contributed by atoms with Crippen LogP contribution in [0.15, 0.2) is 40.9 Å². The second-order valence-corrected chi connectivity index (χ2v) is 5.38. The van der Waals surface area contributed by atoms with Crippen molar-refractivity contribution < 1.29 is 14.1 Å². The molecule has 6 heteroatoms. The number of aromatic nitrogens is 1. The molecule has 2 aromatic rings. The fraction of sp³-hybridized carbons (Fsp3) is 0.375. The number of ether oxygens (including phenoxy) is 1. The van der Waals surface area contributed by atoms with E-state index >= 15 is 0 Å². The highest BCUT2D eigenvalue weighted by Crippen LogP contribution is 2.18. The third-order valence-electron chi connectivity index (χ3n) is 3.61. The SMILES string of the molecule is Cc1cc(NC(=O)C(N[C@@H]2CCOC2)c2ccccc2)no1. The predicted molar refractivity (Wildman–Crippen MR) is 81.4 cm³/mol. The van der Waals surface area contributed by atoms with E-state index in [0.29, 0.717) is 18.2 Å². The van der Waals surface area contributed by atoms with Crippen LogP contribution in [-0.4, -0.2) is 30.3 Å². The Bertz CT molecular complexity index is 621. The van der Waals surface area contributed by atoms with E-state index in [1.165, 1.54) is 0 Å². The Hall–Kier alpha value is -2.18. The van der Waals surface area contributed by atoms with E-state index in [9.17, 15) is 4.79 Å². The smallest absolute Gasteiger partial charge is 0.247 e. The van der Waals surface area contributed by atoms with Crippen LogP contribution >= 0.6 is 0 Å². The zero-order valence-electron chi connectivity index (χ0n) is 12.4. The minimum absolute atomic E-state index is 0.161. The van der Waals surface area contributed by atoms with Gasteiger partial charge in [0.15, 0.2) is 5.82 Å². The molecule has 1 aromatic carbocycles. The molecule has 1 aliphatic heterocycles. The molecule has 3 rings (SSSR count). The van der Waals surface area contributed by atoms with E-state index in [1.54, 1.807) is 13.0 Å². The normalized spacial score (nSPS) is 19.0. The maximum atomic E-state index is 12.6. The summed E-state index contributed by atoms with van der Waals surface area (Å²) in [6, 6.07) is 11.0. The van der Waals surface area contributed by atoms with Gasteiger partial charge in [0.05, 0.1) is 6.61 Å². The lowest BCUT2D eigenvalue weighted by atomic mass is 10.0. The first-order chi connectivity index (χ1) is 10.7. The number of rotatable bonds is 5. The lowest BCUT2D eigenvalue weighted by molar-refractivity contribution is -0.118. The van der Waals surface area contributed by atoms with Crippen LogP contribution in [0.4, 0.5) is 5.82 Å². The molecule has 1 amide bonds. The highest BCUT2D eigenvalue weighted by molar-refractivity contribution is 5.94. The topological polar surface area (TPSA) is 76.4 Å². The van der Waals surface area contributed by atoms with Crippen LogP contribution in [0, 0.1) is 6.92 Å². The summed E-state index contributed by atoms with van der Waals surface area (Å²) < 4.78 is 10.4. The average Bonchev–Trinajstić information content (AvgIpc) is 3.17. The number of amides is 1. The van der Waals surface area contributed by atoms with Gasteiger partial charge in [0.25, 0.3) is 0 Å². The summed E-state index contributed by atoms with van der Waals surface area (Å²) >= 11 is 0. The van der Waals surface area contributed by atoms with Gasteiger partial charge in [0, 0.05) is 18.7 Å².